The van der Waals surface area contributed by atoms with Crippen LogP contribution in [0.25, 0.3) is 0 Å². The molecule has 0 bridgehead atoms. The molecule has 1 aliphatic rings. The van der Waals surface area contributed by atoms with Crippen LogP contribution in [0.5, 0.6) is 5.75 Å². The average molecular weight is 328 g/mol. The molecule has 0 radical (unpaired) electrons. The van der Waals surface area contributed by atoms with E-state index in [4.69, 9.17) is 9.47 Å². The molecule has 0 saturated carbocycles. The number of benzene rings is 1. The molecular formula is C18H20N2O4. The average Bonchev–Trinajstić information content (AvgIpc) is 3.30. The lowest BCUT2D eigenvalue weighted by molar-refractivity contribution is 0.0854. The molecule has 1 aromatic carbocycles. The van der Waals surface area contributed by atoms with E-state index in [0.717, 1.165) is 19.4 Å². The number of aromatic amines is 1. The van der Waals surface area contributed by atoms with Crippen molar-refractivity contribution in [2.75, 3.05) is 20.3 Å². The third-order valence-corrected chi connectivity index (χ3v) is 4.04. The summed E-state index contributed by atoms with van der Waals surface area (Å²) in [6.45, 7) is 1.24. The molecular weight excluding hydrogens is 308 g/mol. The summed E-state index contributed by atoms with van der Waals surface area (Å²) in [4.78, 5) is 27.5. The van der Waals surface area contributed by atoms with Gasteiger partial charge in [0, 0.05) is 30.5 Å². The van der Waals surface area contributed by atoms with Crippen LogP contribution in [0.3, 0.4) is 0 Å². The largest absolute Gasteiger partial charge is 0.497 e. The Balaban J connectivity index is 1.65. The quantitative estimate of drug-likeness (QED) is 0.796. The van der Waals surface area contributed by atoms with Gasteiger partial charge >= 0.3 is 0 Å². The predicted molar refractivity (Wildman–Crippen MR) is 88.5 cm³/mol. The molecule has 1 atom stereocenters. The normalized spacial score (nSPS) is 16.8. The van der Waals surface area contributed by atoms with Crippen LogP contribution < -0.4 is 10.1 Å². The van der Waals surface area contributed by atoms with Crippen molar-refractivity contribution in [1.82, 2.24) is 10.3 Å². The summed E-state index contributed by atoms with van der Waals surface area (Å²) in [5, 5.41) is 2.82. The fourth-order valence-corrected chi connectivity index (χ4v) is 2.69. The Hall–Kier alpha value is -2.60. The molecule has 1 fully saturated rings. The second kappa shape index (κ2) is 7.31. The Kier molecular flexibility index (Phi) is 4.96. The highest BCUT2D eigenvalue weighted by molar-refractivity contribution is 6.10. The number of H-pyrrole nitrogens is 1. The molecule has 3 rings (SSSR count). The lowest BCUT2D eigenvalue weighted by Gasteiger charge is -2.09. The molecule has 0 unspecified atom stereocenters. The Morgan fingerprint density at radius 1 is 1.33 bits per heavy atom. The molecule has 2 N–H and O–H groups in total. The maximum Gasteiger partial charge on any atom is 0.267 e. The van der Waals surface area contributed by atoms with Gasteiger partial charge in [-0.3, -0.25) is 9.59 Å². The van der Waals surface area contributed by atoms with Crippen LogP contribution >= 0.6 is 0 Å². The maximum atomic E-state index is 12.5. The van der Waals surface area contributed by atoms with Gasteiger partial charge in [-0.05, 0) is 31.0 Å². The fourth-order valence-electron chi connectivity index (χ4n) is 2.69. The zero-order valence-corrected chi connectivity index (χ0v) is 13.5. The molecule has 1 saturated heterocycles. The Labute approximate surface area is 140 Å². The van der Waals surface area contributed by atoms with E-state index >= 15 is 0 Å². The predicted octanol–water partition coefficient (Wildman–Crippen LogP) is 2.16. The first-order valence-electron chi connectivity index (χ1n) is 7.94. The molecule has 1 aromatic heterocycles. The number of ketones is 1. The van der Waals surface area contributed by atoms with Gasteiger partial charge in [-0.2, -0.15) is 0 Å². The van der Waals surface area contributed by atoms with Crippen LogP contribution in [-0.4, -0.2) is 43.0 Å². The minimum Gasteiger partial charge on any atom is -0.497 e. The van der Waals surface area contributed by atoms with Crippen molar-refractivity contribution in [3.05, 3.63) is 53.3 Å². The van der Waals surface area contributed by atoms with Crippen LogP contribution in [0, 0.1) is 0 Å². The van der Waals surface area contributed by atoms with Crippen LogP contribution in [-0.2, 0) is 4.74 Å². The Morgan fingerprint density at radius 3 is 2.96 bits per heavy atom. The summed E-state index contributed by atoms with van der Waals surface area (Å²) in [5.41, 5.74) is 1.31. The highest BCUT2D eigenvalue weighted by atomic mass is 16.5. The van der Waals surface area contributed by atoms with E-state index in [1.54, 1.807) is 43.6 Å². The van der Waals surface area contributed by atoms with Crippen LogP contribution in [0.1, 0.15) is 39.3 Å². The van der Waals surface area contributed by atoms with E-state index in [2.05, 4.69) is 10.3 Å². The smallest absolute Gasteiger partial charge is 0.267 e. The van der Waals surface area contributed by atoms with Gasteiger partial charge < -0.3 is 19.8 Å². The van der Waals surface area contributed by atoms with Crippen molar-refractivity contribution in [1.29, 1.82) is 0 Å². The van der Waals surface area contributed by atoms with E-state index in [9.17, 15) is 9.59 Å². The SMILES string of the molecule is COc1cccc(C(=O)c2c[nH]c(C(=O)NC[C@@H]3CCCO3)c2)c1. The number of carbonyl (C=O) groups is 2. The summed E-state index contributed by atoms with van der Waals surface area (Å²) in [6.07, 6.45) is 3.62. The van der Waals surface area contributed by atoms with E-state index in [0.29, 0.717) is 29.1 Å². The number of ether oxygens (including phenoxy) is 2. The number of aromatic nitrogens is 1. The second-order valence-electron chi connectivity index (χ2n) is 5.71. The molecule has 6 heteroatoms. The van der Waals surface area contributed by atoms with E-state index in [-0.39, 0.29) is 17.8 Å². The standard InChI is InChI=1S/C18H20N2O4/c1-23-14-5-2-4-12(8-14)17(21)13-9-16(19-10-13)18(22)20-11-15-6-3-7-24-15/h2,4-5,8-10,15,19H,3,6-7,11H2,1H3,(H,20,22)/t15-/m0/s1. The number of amides is 1. The number of nitrogens with one attached hydrogen (secondary N) is 2. The third-order valence-electron chi connectivity index (χ3n) is 4.04. The molecule has 0 spiro atoms. The fraction of sp³-hybridized carbons (Fsp3) is 0.333. The summed E-state index contributed by atoms with van der Waals surface area (Å²) in [5.74, 6) is 0.212. The van der Waals surface area contributed by atoms with E-state index in [1.165, 1.54) is 0 Å². The van der Waals surface area contributed by atoms with Crippen molar-refractivity contribution < 1.29 is 19.1 Å². The molecule has 0 aliphatic carbocycles. The monoisotopic (exact) mass is 328 g/mol. The lowest BCUT2D eigenvalue weighted by Crippen LogP contribution is -2.31. The Bertz CT molecular complexity index is 732. The van der Waals surface area contributed by atoms with Crippen LogP contribution in [0.2, 0.25) is 0 Å². The van der Waals surface area contributed by atoms with Crippen LogP contribution in [0.15, 0.2) is 36.5 Å². The molecule has 24 heavy (non-hydrogen) atoms. The number of hydrogen-bond donors (Lipinski definition) is 2. The summed E-state index contributed by atoms with van der Waals surface area (Å²) < 4.78 is 10.6. The van der Waals surface area contributed by atoms with Crippen molar-refractivity contribution in [2.24, 2.45) is 0 Å². The highest BCUT2D eigenvalue weighted by Gasteiger charge is 2.18. The minimum atomic E-state index is -0.241. The molecule has 1 amide bonds. The van der Waals surface area contributed by atoms with Crippen molar-refractivity contribution in [3.63, 3.8) is 0 Å². The third kappa shape index (κ3) is 3.65. The number of hydrogen-bond acceptors (Lipinski definition) is 4. The van der Waals surface area contributed by atoms with Gasteiger partial charge in [0.2, 0.25) is 0 Å². The van der Waals surface area contributed by atoms with Crippen molar-refractivity contribution >= 4 is 11.7 Å². The maximum absolute atomic E-state index is 12.5. The first kappa shape index (κ1) is 16.3. The topological polar surface area (TPSA) is 80.4 Å². The van der Waals surface area contributed by atoms with Crippen LogP contribution in [0.4, 0.5) is 0 Å². The molecule has 6 nitrogen and oxygen atoms in total. The second-order valence-corrected chi connectivity index (χ2v) is 5.71. The van der Waals surface area contributed by atoms with Gasteiger partial charge in [0.05, 0.1) is 13.2 Å². The van der Waals surface area contributed by atoms with Gasteiger partial charge in [0.1, 0.15) is 11.4 Å². The number of methoxy groups -OCH3 is 1. The first-order chi connectivity index (χ1) is 11.7. The minimum absolute atomic E-state index is 0.0850. The van der Waals surface area contributed by atoms with Gasteiger partial charge in [-0.1, -0.05) is 12.1 Å². The van der Waals surface area contributed by atoms with E-state index in [1.807, 2.05) is 0 Å². The van der Waals surface area contributed by atoms with Crippen molar-refractivity contribution in [2.45, 2.75) is 18.9 Å². The summed E-state index contributed by atoms with van der Waals surface area (Å²) in [6, 6.07) is 8.49. The molecule has 1 aliphatic heterocycles. The Morgan fingerprint density at radius 2 is 2.21 bits per heavy atom. The van der Waals surface area contributed by atoms with Gasteiger partial charge in [-0.25, -0.2) is 0 Å². The zero-order valence-electron chi connectivity index (χ0n) is 13.5. The number of carbonyl (C=O) groups excluding carboxylic acids is 2. The lowest BCUT2D eigenvalue weighted by atomic mass is 10.1. The van der Waals surface area contributed by atoms with Gasteiger partial charge in [0.25, 0.3) is 5.91 Å². The molecule has 2 aromatic rings. The van der Waals surface area contributed by atoms with E-state index < -0.39 is 0 Å². The molecule has 2 heterocycles. The van der Waals surface area contributed by atoms with Gasteiger partial charge in [0.15, 0.2) is 5.78 Å². The zero-order chi connectivity index (χ0) is 16.9. The number of rotatable bonds is 6. The summed E-state index contributed by atoms with van der Waals surface area (Å²) >= 11 is 0. The van der Waals surface area contributed by atoms with Crippen molar-refractivity contribution in [3.8, 4) is 5.75 Å². The van der Waals surface area contributed by atoms with Gasteiger partial charge in [-0.15, -0.1) is 0 Å². The highest BCUT2D eigenvalue weighted by Crippen LogP contribution is 2.17. The summed E-state index contributed by atoms with van der Waals surface area (Å²) in [7, 11) is 1.55. The first-order valence-corrected chi connectivity index (χ1v) is 7.94. The molecule has 126 valence electrons.